The van der Waals surface area contributed by atoms with Crippen LogP contribution in [0.3, 0.4) is 0 Å². The highest BCUT2D eigenvalue weighted by Crippen LogP contribution is 2.49. The number of carbonyl (C=O) groups excluding carboxylic acids is 1. The van der Waals surface area contributed by atoms with Crippen molar-refractivity contribution >= 4 is 28.1 Å². The summed E-state index contributed by atoms with van der Waals surface area (Å²) in [5, 5.41) is 15.1. The van der Waals surface area contributed by atoms with E-state index in [9.17, 15) is 10.1 Å². The summed E-state index contributed by atoms with van der Waals surface area (Å²) < 4.78 is 12.9. The van der Waals surface area contributed by atoms with E-state index in [0.29, 0.717) is 46.3 Å². The number of thiophene rings is 1. The lowest BCUT2D eigenvalue weighted by Gasteiger charge is -2.45. The number of pyridine rings is 1. The monoisotopic (exact) mass is 619 g/mol. The normalized spacial score (nSPS) is 28.8. The number of nitrogens with two attached hydrogens (primary N) is 1. The number of rotatable bonds is 8. The van der Waals surface area contributed by atoms with Crippen LogP contribution in [0.15, 0.2) is 29.9 Å². The Morgan fingerprint density at radius 1 is 1.36 bits per heavy atom. The number of amides is 1. The van der Waals surface area contributed by atoms with Crippen molar-refractivity contribution in [2.24, 2.45) is 5.16 Å². The van der Waals surface area contributed by atoms with Crippen molar-refractivity contribution in [1.29, 1.82) is 5.26 Å². The number of hydrogen-bond acceptors (Lipinski definition) is 11. The zero-order valence-corrected chi connectivity index (χ0v) is 26.9. The lowest BCUT2D eigenvalue weighted by atomic mass is 9.71. The average Bonchev–Trinajstić information content (AvgIpc) is 3.70. The number of likely N-dealkylation sites (N-methyl/N-ethyl adjacent to an activating group) is 2. The number of nitrogens with zero attached hydrogens (tertiary/aromatic N) is 6. The van der Waals surface area contributed by atoms with Crippen LogP contribution >= 0.6 is 11.3 Å². The van der Waals surface area contributed by atoms with E-state index in [2.05, 4.69) is 43.6 Å². The van der Waals surface area contributed by atoms with Gasteiger partial charge in [-0.25, -0.2) is 4.98 Å². The summed E-state index contributed by atoms with van der Waals surface area (Å²) in [5.74, 6) is 1.47. The van der Waals surface area contributed by atoms with E-state index < -0.39 is 11.6 Å². The van der Waals surface area contributed by atoms with Gasteiger partial charge >= 0.3 is 0 Å². The molecule has 1 aliphatic carbocycles. The predicted octanol–water partition coefficient (Wildman–Crippen LogP) is 3.87. The number of ether oxygens (including phenoxy) is 2. The fourth-order valence-corrected chi connectivity index (χ4v) is 8.51. The van der Waals surface area contributed by atoms with Gasteiger partial charge in [0.05, 0.1) is 23.6 Å². The standard InChI is InChI=1S/C32H41N7O4S/c1-7-27(40)39-17-24(18(39)2)42-20-14-22(35-26(15-20)41-19(3)23-10-9-13-37(23)5)30-36-43-31(38(30)6)32(4)12-8-11-25-28(32)21(16-33)29(34)44-25/h7,14-15,18-19,23-24,31H,1,8-13,17,34H2,2-6H3/t18-,19+,23+,24+,31?,32+/m1/s1. The first-order valence-electron chi connectivity index (χ1n) is 15.3. The van der Waals surface area contributed by atoms with Gasteiger partial charge < -0.3 is 29.8 Å². The highest BCUT2D eigenvalue weighted by Gasteiger charge is 2.50. The number of fused-ring (bicyclic) bond motifs is 1. The molecule has 2 fully saturated rings. The molecule has 2 aromatic rings. The van der Waals surface area contributed by atoms with Crippen LogP contribution in [-0.2, 0) is 21.5 Å². The second-order valence-corrected chi connectivity index (χ2v) is 13.8. The lowest BCUT2D eigenvalue weighted by Crippen LogP contribution is -2.62. The molecule has 6 atom stereocenters. The van der Waals surface area contributed by atoms with Crippen LogP contribution in [0.5, 0.6) is 11.6 Å². The van der Waals surface area contributed by atoms with E-state index in [-0.39, 0.29) is 24.2 Å². The summed E-state index contributed by atoms with van der Waals surface area (Å²) in [6, 6.07) is 6.20. The molecule has 0 spiro atoms. The number of anilines is 1. The average molecular weight is 620 g/mol. The minimum Gasteiger partial charge on any atom is -0.486 e. The van der Waals surface area contributed by atoms with Gasteiger partial charge in [-0.05, 0) is 78.1 Å². The molecular formula is C32H41N7O4S. The molecule has 6 rings (SSSR count). The molecule has 11 nitrogen and oxygen atoms in total. The number of nitrogen functional groups attached to an aromatic ring is 1. The van der Waals surface area contributed by atoms with Crippen molar-refractivity contribution < 1.29 is 19.1 Å². The number of aromatic nitrogens is 1. The fourth-order valence-electron chi connectivity index (χ4n) is 7.31. The Hall–Kier alpha value is -3.82. The van der Waals surface area contributed by atoms with Crippen LogP contribution in [-0.4, -0.2) is 89.1 Å². The van der Waals surface area contributed by atoms with E-state index >= 15 is 0 Å². The number of hydrogen-bond donors (Lipinski definition) is 1. The molecule has 1 amide bonds. The van der Waals surface area contributed by atoms with Crippen LogP contribution in [0.2, 0.25) is 0 Å². The SMILES string of the molecule is C=CC(=O)N1C[C@H](Oc2cc(O[C@@H](C)[C@@H]3CCCN3C)nc(C3=NOC([C@@]4(C)CCCc5sc(N)c(C#N)c54)N3C)c2)[C@H]1C. The molecule has 5 heterocycles. The maximum absolute atomic E-state index is 12.2. The van der Waals surface area contributed by atoms with Crippen molar-refractivity contribution in [3.63, 3.8) is 0 Å². The summed E-state index contributed by atoms with van der Waals surface area (Å²) >= 11 is 1.50. The Kier molecular flexibility index (Phi) is 7.96. The van der Waals surface area contributed by atoms with Crippen LogP contribution in [0.25, 0.3) is 0 Å². The van der Waals surface area contributed by atoms with Crippen molar-refractivity contribution in [3.8, 4) is 17.7 Å². The van der Waals surface area contributed by atoms with E-state index in [0.717, 1.165) is 49.1 Å². The van der Waals surface area contributed by atoms with Gasteiger partial charge in [0.15, 0.2) is 5.84 Å². The van der Waals surface area contributed by atoms with Crippen LogP contribution < -0.4 is 15.2 Å². The van der Waals surface area contributed by atoms with Gasteiger partial charge in [-0.2, -0.15) is 5.26 Å². The zero-order chi connectivity index (χ0) is 31.3. The third-order valence-corrected chi connectivity index (χ3v) is 10.9. The molecule has 4 aliphatic rings. The Bertz CT molecular complexity index is 1530. The van der Waals surface area contributed by atoms with Crippen molar-refractivity contribution in [2.75, 3.05) is 32.9 Å². The number of aryl methyl sites for hydroxylation is 1. The number of oxime groups is 1. The molecule has 0 saturated carbocycles. The molecule has 2 aromatic heterocycles. The number of amidine groups is 1. The second-order valence-electron chi connectivity index (χ2n) is 12.6. The lowest BCUT2D eigenvalue weighted by molar-refractivity contribution is -0.141. The molecule has 234 valence electrons. The van der Waals surface area contributed by atoms with Crippen molar-refractivity contribution in [3.05, 3.63) is 46.5 Å². The summed E-state index contributed by atoms with van der Waals surface area (Å²) in [6.45, 7) is 11.3. The molecule has 3 aliphatic heterocycles. The van der Waals surface area contributed by atoms with Gasteiger partial charge in [0.25, 0.3) is 0 Å². The second kappa shape index (κ2) is 11.6. The Balaban J connectivity index is 1.29. The van der Waals surface area contributed by atoms with Gasteiger partial charge in [0.2, 0.25) is 18.0 Å². The zero-order valence-electron chi connectivity index (χ0n) is 26.1. The molecular weight excluding hydrogens is 578 g/mol. The molecule has 0 bridgehead atoms. The molecule has 44 heavy (non-hydrogen) atoms. The third-order valence-electron chi connectivity index (χ3n) is 9.84. The Labute approximate surface area is 262 Å². The topological polar surface area (TPSA) is 130 Å². The third kappa shape index (κ3) is 5.06. The van der Waals surface area contributed by atoms with Crippen LogP contribution in [0.4, 0.5) is 5.00 Å². The van der Waals surface area contributed by atoms with E-state index in [1.165, 1.54) is 17.4 Å². The summed E-state index contributed by atoms with van der Waals surface area (Å²) in [5.41, 5.74) is 7.86. The van der Waals surface area contributed by atoms with Gasteiger partial charge in [-0.3, -0.25) is 9.69 Å². The van der Waals surface area contributed by atoms with Crippen LogP contribution in [0.1, 0.15) is 68.2 Å². The molecule has 1 unspecified atom stereocenters. The molecule has 0 radical (unpaired) electrons. The molecule has 2 N–H and O–H groups in total. The van der Waals surface area contributed by atoms with Crippen LogP contribution in [0, 0.1) is 11.3 Å². The van der Waals surface area contributed by atoms with Gasteiger partial charge in [0, 0.05) is 30.1 Å². The summed E-state index contributed by atoms with van der Waals surface area (Å²) in [6.07, 6.45) is 5.52. The smallest absolute Gasteiger partial charge is 0.246 e. The number of nitriles is 1. The summed E-state index contributed by atoms with van der Waals surface area (Å²) in [4.78, 5) is 30.4. The maximum Gasteiger partial charge on any atom is 0.246 e. The number of carbonyl (C=O) groups is 1. The van der Waals surface area contributed by atoms with E-state index in [1.807, 2.05) is 31.0 Å². The minimum absolute atomic E-state index is 0.0818. The largest absolute Gasteiger partial charge is 0.486 e. The minimum atomic E-state index is -0.496. The van der Waals surface area contributed by atoms with Gasteiger partial charge in [-0.1, -0.05) is 11.7 Å². The van der Waals surface area contributed by atoms with E-state index in [1.54, 1.807) is 4.90 Å². The van der Waals surface area contributed by atoms with E-state index in [4.69, 9.17) is 25.0 Å². The first-order valence-corrected chi connectivity index (χ1v) is 16.1. The highest BCUT2D eigenvalue weighted by atomic mass is 32.1. The maximum atomic E-state index is 12.2. The van der Waals surface area contributed by atoms with Gasteiger partial charge in [0.1, 0.15) is 34.7 Å². The highest BCUT2D eigenvalue weighted by molar-refractivity contribution is 7.16. The molecule has 2 saturated heterocycles. The Morgan fingerprint density at radius 2 is 2.16 bits per heavy atom. The Morgan fingerprint density at radius 3 is 2.84 bits per heavy atom. The van der Waals surface area contributed by atoms with Crippen molar-refractivity contribution in [2.45, 2.75) is 88.8 Å². The van der Waals surface area contributed by atoms with Crippen molar-refractivity contribution in [1.82, 2.24) is 19.7 Å². The quantitative estimate of drug-likeness (QED) is 0.438. The molecule has 12 heteroatoms. The first-order chi connectivity index (χ1) is 21.0. The predicted molar refractivity (Wildman–Crippen MR) is 169 cm³/mol. The molecule has 0 aromatic carbocycles. The van der Waals surface area contributed by atoms with Gasteiger partial charge in [-0.15, -0.1) is 11.3 Å². The first kappa shape index (κ1) is 30.2. The fraction of sp³-hybridized carbons (Fsp3) is 0.562. The summed E-state index contributed by atoms with van der Waals surface area (Å²) in [7, 11) is 4.07. The number of likely N-dealkylation sites (tertiary alicyclic amines) is 2.